The van der Waals surface area contributed by atoms with E-state index in [-0.39, 0.29) is 30.8 Å². The number of carbonyl (C=O) groups is 2. The van der Waals surface area contributed by atoms with E-state index < -0.39 is 5.91 Å². The number of pyridine rings is 2. The molecule has 2 atom stereocenters. The van der Waals surface area contributed by atoms with Gasteiger partial charge in [-0.25, -0.2) is 9.97 Å². The molecule has 2 amide bonds. The molecule has 2 N–H and O–H groups in total. The van der Waals surface area contributed by atoms with E-state index in [0.717, 1.165) is 45.3 Å². The molecule has 11 heteroatoms. The van der Waals surface area contributed by atoms with E-state index in [0.29, 0.717) is 52.5 Å². The number of nitrogens with two attached hydrogens (primary N) is 1. The number of hydrogen-bond acceptors (Lipinski definition) is 8. The van der Waals surface area contributed by atoms with Crippen LogP contribution in [0, 0.1) is 11.8 Å². The monoisotopic (exact) mass is 868 g/mol. The Morgan fingerprint density at radius 3 is 1.67 bits per heavy atom. The summed E-state index contributed by atoms with van der Waals surface area (Å²) >= 11 is 6.60. The molecular formula is C52H57ClN4O6. The van der Waals surface area contributed by atoms with Crippen molar-refractivity contribution in [1.29, 1.82) is 0 Å². The summed E-state index contributed by atoms with van der Waals surface area (Å²) in [5, 5.41) is 2.30. The van der Waals surface area contributed by atoms with Gasteiger partial charge < -0.3 is 29.6 Å². The average molecular weight is 870 g/mol. The van der Waals surface area contributed by atoms with Gasteiger partial charge in [-0.1, -0.05) is 62.3 Å². The Morgan fingerprint density at radius 2 is 1.13 bits per heavy atom. The zero-order valence-electron chi connectivity index (χ0n) is 36.3. The van der Waals surface area contributed by atoms with Crippen LogP contribution in [0.15, 0.2) is 103 Å². The fourth-order valence-electron chi connectivity index (χ4n) is 8.97. The molecule has 2 unspecified atom stereocenters. The van der Waals surface area contributed by atoms with Crippen LogP contribution < -0.4 is 24.7 Å². The van der Waals surface area contributed by atoms with Crippen molar-refractivity contribution in [2.24, 2.45) is 17.6 Å². The Kier molecular flexibility index (Phi) is 14.3. The highest BCUT2D eigenvalue weighted by Gasteiger charge is 2.28. The molecule has 63 heavy (non-hydrogen) atoms. The molecular weight excluding hydrogens is 812 g/mol. The maximum Gasteiger partial charge on any atom is 0.224 e. The molecule has 4 aromatic carbocycles. The van der Waals surface area contributed by atoms with Crippen LogP contribution in [0.2, 0.25) is 5.02 Å². The molecule has 6 aromatic rings. The lowest BCUT2D eigenvalue weighted by Gasteiger charge is -2.36. The van der Waals surface area contributed by atoms with Crippen molar-refractivity contribution in [3.63, 3.8) is 0 Å². The van der Waals surface area contributed by atoms with Crippen molar-refractivity contribution >= 4 is 45.2 Å². The Hall–Kier alpha value is -5.87. The number of aromatic nitrogens is 2. The molecule has 0 bridgehead atoms. The summed E-state index contributed by atoms with van der Waals surface area (Å²) in [6.07, 6.45) is 12.6. The third kappa shape index (κ3) is 11.4. The number of primary amides is 1. The van der Waals surface area contributed by atoms with Crippen LogP contribution in [0.3, 0.4) is 0 Å². The summed E-state index contributed by atoms with van der Waals surface area (Å²) in [6.45, 7) is 5.44. The Morgan fingerprint density at radius 1 is 0.619 bits per heavy atom. The number of amides is 2. The highest BCUT2D eigenvalue weighted by Crippen LogP contribution is 2.37. The number of fused-ring (bicyclic) bond motifs is 2. The Labute approximate surface area is 375 Å². The summed E-state index contributed by atoms with van der Waals surface area (Å²) in [5.74, 6) is 4.18. The summed E-state index contributed by atoms with van der Waals surface area (Å²) in [5.41, 5.74) is 8.84. The van der Waals surface area contributed by atoms with Crippen LogP contribution >= 0.6 is 11.6 Å². The van der Waals surface area contributed by atoms with E-state index in [4.69, 9.17) is 46.3 Å². The normalized spacial score (nSPS) is 15.7. The molecule has 2 saturated carbocycles. The first-order chi connectivity index (χ1) is 30.6. The first-order valence-corrected chi connectivity index (χ1v) is 22.9. The van der Waals surface area contributed by atoms with E-state index in [9.17, 15) is 9.59 Å². The van der Waals surface area contributed by atoms with Crippen molar-refractivity contribution in [3.05, 3.63) is 119 Å². The van der Waals surface area contributed by atoms with E-state index >= 15 is 0 Å². The minimum absolute atomic E-state index is 0.000939. The van der Waals surface area contributed by atoms with Gasteiger partial charge in [0.25, 0.3) is 0 Å². The second kappa shape index (κ2) is 20.5. The molecule has 2 heterocycles. The van der Waals surface area contributed by atoms with E-state index in [1.54, 1.807) is 6.07 Å². The van der Waals surface area contributed by atoms with Crippen LogP contribution in [0.25, 0.3) is 21.8 Å². The SMILES string of the molecule is CC(c1ccc2nc(Oc3ccc(OCC4CCCCC4)cc3)ccc2c1)N(C(=O)CCC(N)=O)C(C)c1ccc2nc(Oc3ccc(OCC4CCCCC4)c(Cl)c3)ccc2c1. The fraction of sp³-hybridized carbons (Fsp3) is 0.385. The van der Waals surface area contributed by atoms with Crippen molar-refractivity contribution in [3.8, 4) is 34.8 Å². The first-order valence-electron chi connectivity index (χ1n) is 22.6. The molecule has 2 fully saturated rings. The van der Waals surface area contributed by atoms with Crippen molar-refractivity contribution < 1.29 is 28.5 Å². The zero-order chi connectivity index (χ0) is 43.7. The summed E-state index contributed by atoms with van der Waals surface area (Å²) in [6, 6.07) is 32.0. The third-order valence-electron chi connectivity index (χ3n) is 12.6. The lowest BCUT2D eigenvalue weighted by Crippen LogP contribution is -2.36. The van der Waals surface area contributed by atoms with Crippen molar-refractivity contribution in [1.82, 2.24) is 14.9 Å². The van der Waals surface area contributed by atoms with Gasteiger partial charge in [-0.15, -0.1) is 0 Å². The molecule has 0 saturated heterocycles. The Bertz CT molecular complexity index is 2520. The van der Waals surface area contributed by atoms with Crippen molar-refractivity contribution in [2.75, 3.05) is 13.2 Å². The predicted molar refractivity (Wildman–Crippen MR) is 248 cm³/mol. The van der Waals surface area contributed by atoms with Gasteiger partial charge in [0, 0.05) is 41.8 Å². The number of carbonyl (C=O) groups excluding carboxylic acids is 2. The van der Waals surface area contributed by atoms with Gasteiger partial charge in [0.05, 0.1) is 41.4 Å². The van der Waals surface area contributed by atoms with Gasteiger partial charge in [0.1, 0.15) is 23.0 Å². The van der Waals surface area contributed by atoms with E-state index in [2.05, 4.69) is 0 Å². The minimum atomic E-state index is -0.520. The highest BCUT2D eigenvalue weighted by atomic mass is 35.5. The number of nitrogens with zero attached hydrogens (tertiary/aromatic N) is 3. The maximum absolute atomic E-state index is 14.0. The lowest BCUT2D eigenvalue weighted by atomic mass is 9.90. The summed E-state index contributed by atoms with van der Waals surface area (Å²) < 4.78 is 24.4. The van der Waals surface area contributed by atoms with Gasteiger partial charge in [0.15, 0.2) is 0 Å². The second-order valence-electron chi connectivity index (χ2n) is 17.2. The van der Waals surface area contributed by atoms with Gasteiger partial charge in [-0.3, -0.25) is 9.59 Å². The topological polar surface area (TPSA) is 126 Å². The molecule has 0 radical (unpaired) electrons. The van der Waals surface area contributed by atoms with E-state index in [1.807, 2.05) is 116 Å². The van der Waals surface area contributed by atoms with Gasteiger partial charge >= 0.3 is 0 Å². The molecule has 10 nitrogen and oxygen atoms in total. The molecule has 0 aliphatic heterocycles. The average Bonchev–Trinajstić information content (AvgIpc) is 3.30. The van der Waals surface area contributed by atoms with Crippen LogP contribution in [-0.4, -0.2) is 39.9 Å². The number of benzene rings is 4. The molecule has 2 aliphatic carbocycles. The molecule has 2 aliphatic rings. The number of ether oxygens (including phenoxy) is 4. The number of halogens is 1. The smallest absolute Gasteiger partial charge is 0.224 e. The molecule has 0 spiro atoms. The Balaban J connectivity index is 0.936. The van der Waals surface area contributed by atoms with Gasteiger partial charge in [-0.2, -0.15) is 0 Å². The lowest BCUT2D eigenvalue weighted by molar-refractivity contribution is -0.137. The summed E-state index contributed by atoms with van der Waals surface area (Å²) in [7, 11) is 0. The maximum atomic E-state index is 14.0. The van der Waals surface area contributed by atoms with Gasteiger partial charge in [-0.05, 0) is 135 Å². The number of hydrogen-bond donors (Lipinski definition) is 1. The predicted octanol–water partition coefficient (Wildman–Crippen LogP) is 12.9. The highest BCUT2D eigenvalue weighted by molar-refractivity contribution is 6.32. The van der Waals surface area contributed by atoms with Crippen LogP contribution in [0.5, 0.6) is 34.8 Å². The fourth-order valence-corrected chi connectivity index (χ4v) is 9.19. The third-order valence-corrected chi connectivity index (χ3v) is 12.9. The minimum Gasteiger partial charge on any atom is -0.493 e. The largest absolute Gasteiger partial charge is 0.493 e. The van der Waals surface area contributed by atoms with Crippen LogP contribution in [0.1, 0.15) is 114 Å². The van der Waals surface area contributed by atoms with E-state index in [1.165, 1.54) is 64.2 Å². The van der Waals surface area contributed by atoms with Gasteiger partial charge in [0.2, 0.25) is 23.6 Å². The quantitative estimate of drug-likeness (QED) is 0.0960. The standard InChI is InChI=1S/C52H57ClN4O6/c1-34(38-13-22-46-40(29-38)15-26-50(55-46)62-43-19-17-42(18-20-43)60-32-36-9-5-3-6-10-36)57(52(59)28-25-49(54)58)35(2)39-14-23-47-41(30-39)16-27-51(56-47)63-44-21-24-48(45(53)31-44)61-33-37-11-7-4-8-12-37/h13-24,26-27,29-31,34-37H,3-12,25,28,32-33H2,1-2H3,(H2,54,58). The number of rotatable bonds is 17. The van der Waals surface area contributed by atoms with Crippen molar-refractivity contribution in [2.45, 2.75) is 103 Å². The van der Waals surface area contributed by atoms with Crippen LogP contribution in [-0.2, 0) is 9.59 Å². The molecule has 8 rings (SSSR count). The van der Waals surface area contributed by atoms with Crippen LogP contribution in [0.4, 0.5) is 0 Å². The molecule has 328 valence electrons. The zero-order valence-corrected chi connectivity index (χ0v) is 37.0. The first kappa shape index (κ1) is 43.8. The summed E-state index contributed by atoms with van der Waals surface area (Å²) in [4.78, 5) is 37.1. The molecule has 2 aromatic heterocycles. The second-order valence-corrected chi connectivity index (χ2v) is 17.6.